The van der Waals surface area contributed by atoms with Gasteiger partial charge in [0.15, 0.2) is 0 Å². The smallest absolute Gasteiger partial charge is 0.303 e. The topological polar surface area (TPSA) is 57.6 Å². The standard InChI is InChI=1S/C21H26FNO3S2/c22-17-12-9-8-11-16(17)15-18-20(26)23(21(27)28-18)14-10-6-4-2-1-3-5-7-13-19(24)25/h8-9,11-12,15H,1-7,10,13-14H2,(H,24,25)/b18-15-. The van der Waals surface area contributed by atoms with Gasteiger partial charge in [-0.1, -0.05) is 80.7 Å². The molecule has 0 aromatic heterocycles. The van der Waals surface area contributed by atoms with Crippen molar-refractivity contribution in [1.29, 1.82) is 0 Å². The number of nitrogens with zero attached hydrogens (tertiary/aromatic N) is 1. The number of hydrogen-bond donors (Lipinski definition) is 1. The Hall–Kier alpha value is -1.73. The Balaban J connectivity index is 1.65. The van der Waals surface area contributed by atoms with Crippen molar-refractivity contribution in [2.24, 2.45) is 0 Å². The van der Waals surface area contributed by atoms with Gasteiger partial charge in [0.25, 0.3) is 5.91 Å². The van der Waals surface area contributed by atoms with E-state index in [9.17, 15) is 14.0 Å². The molecular weight excluding hydrogens is 397 g/mol. The molecule has 1 fully saturated rings. The minimum atomic E-state index is -0.723. The van der Waals surface area contributed by atoms with E-state index in [0.717, 1.165) is 51.4 Å². The summed E-state index contributed by atoms with van der Waals surface area (Å²) >= 11 is 6.54. The molecule has 0 unspecified atom stereocenters. The molecule has 1 aromatic carbocycles. The number of thioether (sulfide) groups is 1. The number of halogens is 1. The molecule has 0 radical (unpaired) electrons. The maximum absolute atomic E-state index is 13.8. The van der Waals surface area contributed by atoms with Gasteiger partial charge in [-0.05, 0) is 25.0 Å². The van der Waals surface area contributed by atoms with E-state index < -0.39 is 5.97 Å². The van der Waals surface area contributed by atoms with Crippen molar-refractivity contribution >= 4 is 46.3 Å². The molecule has 4 nitrogen and oxygen atoms in total. The number of unbranched alkanes of at least 4 members (excludes halogenated alkanes) is 7. The largest absolute Gasteiger partial charge is 0.481 e. The number of carboxylic acid groups (broad SMARTS) is 1. The number of carbonyl (C=O) groups is 2. The molecule has 0 atom stereocenters. The average Bonchev–Trinajstić information content (AvgIpc) is 2.92. The molecule has 0 aliphatic carbocycles. The molecule has 1 aromatic rings. The zero-order chi connectivity index (χ0) is 20.4. The molecule has 1 heterocycles. The van der Waals surface area contributed by atoms with E-state index in [4.69, 9.17) is 17.3 Å². The second kappa shape index (κ2) is 12.0. The molecule has 28 heavy (non-hydrogen) atoms. The van der Waals surface area contributed by atoms with Gasteiger partial charge in [-0.25, -0.2) is 4.39 Å². The first kappa shape index (κ1) is 22.6. The van der Waals surface area contributed by atoms with Crippen LogP contribution in [0, 0.1) is 5.82 Å². The van der Waals surface area contributed by atoms with E-state index in [1.807, 2.05) is 0 Å². The van der Waals surface area contributed by atoms with Gasteiger partial charge in [0.2, 0.25) is 0 Å². The van der Waals surface area contributed by atoms with Crippen molar-refractivity contribution in [3.05, 3.63) is 40.6 Å². The van der Waals surface area contributed by atoms with Crippen LogP contribution in [0.25, 0.3) is 6.08 Å². The van der Waals surface area contributed by atoms with Crippen molar-refractivity contribution in [3.63, 3.8) is 0 Å². The van der Waals surface area contributed by atoms with Gasteiger partial charge in [-0.2, -0.15) is 0 Å². The third-order valence-electron chi connectivity index (χ3n) is 4.59. The highest BCUT2D eigenvalue weighted by molar-refractivity contribution is 8.26. The lowest BCUT2D eigenvalue weighted by molar-refractivity contribution is -0.137. The predicted octanol–water partition coefficient (Wildman–Crippen LogP) is 5.62. The van der Waals surface area contributed by atoms with Crippen LogP contribution in [0.2, 0.25) is 0 Å². The predicted molar refractivity (Wildman–Crippen MR) is 115 cm³/mol. The Morgan fingerprint density at radius 1 is 1.07 bits per heavy atom. The summed E-state index contributed by atoms with van der Waals surface area (Å²) in [6.45, 7) is 0.595. The summed E-state index contributed by atoms with van der Waals surface area (Å²) in [6.07, 6.45) is 9.87. The van der Waals surface area contributed by atoms with Crippen LogP contribution in [0.4, 0.5) is 4.39 Å². The lowest BCUT2D eigenvalue weighted by Gasteiger charge is -2.14. The van der Waals surface area contributed by atoms with Gasteiger partial charge in [0, 0.05) is 18.5 Å². The molecule has 1 aliphatic rings. The molecule has 7 heteroatoms. The number of thiocarbonyl (C=S) groups is 1. The second-order valence-corrected chi connectivity index (χ2v) is 8.50. The fraction of sp³-hybridized carbons (Fsp3) is 0.476. The van der Waals surface area contributed by atoms with Gasteiger partial charge in [-0.15, -0.1) is 0 Å². The first-order chi connectivity index (χ1) is 13.5. The maximum atomic E-state index is 13.8. The van der Waals surface area contributed by atoms with E-state index in [1.165, 1.54) is 17.8 Å². The highest BCUT2D eigenvalue weighted by atomic mass is 32.2. The number of benzene rings is 1. The van der Waals surface area contributed by atoms with E-state index in [-0.39, 0.29) is 18.1 Å². The SMILES string of the molecule is O=C(O)CCCCCCCCCCN1C(=O)/C(=C/c2ccccc2F)SC1=S. The van der Waals surface area contributed by atoms with Crippen LogP contribution in [-0.2, 0) is 9.59 Å². The summed E-state index contributed by atoms with van der Waals surface area (Å²) in [5.41, 5.74) is 0.395. The van der Waals surface area contributed by atoms with E-state index in [0.29, 0.717) is 21.3 Å². The lowest BCUT2D eigenvalue weighted by atomic mass is 10.1. The Morgan fingerprint density at radius 3 is 2.32 bits per heavy atom. The first-order valence-corrected chi connectivity index (χ1v) is 10.9. The summed E-state index contributed by atoms with van der Waals surface area (Å²) in [6, 6.07) is 6.37. The maximum Gasteiger partial charge on any atom is 0.303 e. The summed E-state index contributed by atoms with van der Waals surface area (Å²) in [5.74, 6) is -1.22. The van der Waals surface area contributed by atoms with Gasteiger partial charge in [-0.3, -0.25) is 14.5 Å². The normalized spacial score (nSPS) is 15.6. The molecule has 1 saturated heterocycles. The van der Waals surface area contributed by atoms with Crippen LogP contribution >= 0.6 is 24.0 Å². The van der Waals surface area contributed by atoms with Crippen molar-refractivity contribution in [3.8, 4) is 0 Å². The monoisotopic (exact) mass is 423 g/mol. The fourth-order valence-electron chi connectivity index (χ4n) is 3.03. The van der Waals surface area contributed by atoms with Crippen LogP contribution in [0.1, 0.15) is 63.4 Å². The van der Waals surface area contributed by atoms with Gasteiger partial charge < -0.3 is 5.11 Å². The van der Waals surface area contributed by atoms with Crippen molar-refractivity contribution in [2.75, 3.05) is 6.54 Å². The van der Waals surface area contributed by atoms with Crippen LogP contribution in [-0.4, -0.2) is 32.7 Å². The van der Waals surface area contributed by atoms with Crippen molar-refractivity contribution in [1.82, 2.24) is 4.90 Å². The minimum absolute atomic E-state index is 0.142. The highest BCUT2D eigenvalue weighted by Crippen LogP contribution is 2.33. The highest BCUT2D eigenvalue weighted by Gasteiger charge is 2.31. The number of carboxylic acids is 1. The van der Waals surface area contributed by atoms with E-state index >= 15 is 0 Å². The second-order valence-electron chi connectivity index (χ2n) is 6.83. The van der Waals surface area contributed by atoms with Crippen LogP contribution < -0.4 is 0 Å². The zero-order valence-corrected chi connectivity index (χ0v) is 17.5. The fourth-order valence-corrected chi connectivity index (χ4v) is 4.33. The summed E-state index contributed by atoms with van der Waals surface area (Å²) in [7, 11) is 0. The molecular formula is C21H26FNO3S2. The molecule has 1 aliphatic heterocycles. The van der Waals surface area contributed by atoms with Crippen LogP contribution in [0.3, 0.4) is 0 Å². The summed E-state index contributed by atoms with van der Waals surface area (Å²) in [5, 5.41) is 8.58. The summed E-state index contributed by atoms with van der Waals surface area (Å²) in [4.78, 5) is 25.0. The molecule has 2 rings (SSSR count). The lowest BCUT2D eigenvalue weighted by Crippen LogP contribution is -2.29. The molecule has 1 amide bonds. The molecule has 152 valence electrons. The Kier molecular flexibility index (Phi) is 9.64. The quantitative estimate of drug-likeness (QED) is 0.268. The molecule has 1 N–H and O–H groups in total. The first-order valence-electron chi connectivity index (χ1n) is 9.70. The van der Waals surface area contributed by atoms with Gasteiger partial charge >= 0.3 is 5.97 Å². The third-order valence-corrected chi connectivity index (χ3v) is 5.97. The third kappa shape index (κ3) is 7.36. The Bertz CT molecular complexity index is 736. The van der Waals surface area contributed by atoms with E-state index in [2.05, 4.69) is 0 Å². The van der Waals surface area contributed by atoms with Crippen LogP contribution in [0.5, 0.6) is 0 Å². The Labute approximate surface area is 175 Å². The number of carbonyl (C=O) groups excluding carboxylic acids is 1. The molecule has 0 spiro atoms. The number of amides is 1. The number of aliphatic carboxylic acids is 1. The summed E-state index contributed by atoms with van der Waals surface area (Å²) < 4.78 is 14.3. The molecule has 0 bridgehead atoms. The van der Waals surface area contributed by atoms with E-state index in [1.54, 1.807) is 29.2 Å². The molecule has 0 saturated carbocycles. The Morgan fingerprint density at radius 2 is 1.68 bits per heavy atom. The minimum Gasteiger partial charge on any atom is -0.481 e. The average molecular weight is 424 g/mol. The number of rotatable bonds is 12. The van der Waals surface area contributed by atoms with Crippen LogP contribution in [0.15, 0.2) is 29.2 Å². The van der Waals surface area contributed by atoms with Crippen molar-refractivity contribution < 1.29 is 19.1 Å². The van der Waals surface area contributed by atoms with Gasteiger partial charge in [0.1, 0.15) is 10.1 Å². The van der Waals surface area contributed by atoms with Gasteiger partial charge in [0.05, 0.1) is 4.91 Å². The number of hydrogen-bond acceptors (Lipinski definition) is 4. The van der Waals surface area contributed by atoms with Crippen molar-refractivity contribution in [2.45, 2.75) is 57.8 Å². The zero-order valence-electron chi connectivity index (χ0n) is 15.9.